The molecule has 0 aliphatic heterocycles. The van der Waals surface area contributed by atoms with Gasteiger partial charge in [-0.1, -0.05) is 17.7 Å². The third kappa shape index (κ3) is 3.48. The van der Waals surface area contributed by atoms with Gasteiger partial charge in [0, 0.05) is 4.47 Å². The van der Waals surface area contributed by atoms with E-state index in [0.717, 1.165) is 17.7 Å². The average Bonchev–Trinajstić information content (AvgIpc) is 2.37. The van der Waals surface area contributed by atoms with Crippen LogP contribution < -0.4 is 10.5 Å². The van der Waals surface area contributed by atoms with Crippen molar-refractivity contribution in [1.29, 1.82) is 0 Å². The number of halogens is 3. The summed E-state index contributed by atoms with van der Waals surface area (Å²) in [6.45, 7) is 1.83. The third-order valence-electron chi connectivity index (χ3n) is 2.71. The maximum absolute atomic E-state index is 13.3. The van der Waals surface area contributed by atoms with E-state index in [2.05, 4.69) is 20.7 Å². The fourth-order valence-electron chi connectivity index (χ4n) is 1.67. The number of anilines is 2. The number of aryl methyl sites for hydroxylation is 1. The van der Waals surface area contributed by atoms with Gasteiger partial charge in [-0.05, 0) is 52.7 Å². The molecule has 0 radical (unpaired) electrons. The Labute approximate surface area is 135 Å². The maximum Gasteiger partial charge on any atom is 0.263 e. The van der Waals surface area contributed by atoms with Crippen molar-refractivity contribution in [2.45, 2.75) is 11.8 Å². The molecule has 0 amide bonds. The largest absolute Gasteiger partial charge is 0.396 e. The summed E-state index contributed by atoms with van der Waals surface area (Å²) in [6.07, 6.45) is 0. The topological polar surface area (TPSA) is 72.2 Å². The first kappa shape index (κ1) is 16.1. The summed E-state index contributed by atoms with van der Waals surface area (Å²) in [7, 11) is -3.98. The number of hydrogen-bond acceptors (Lipinski definition) is 3. The van der Waals surface area contributed by atoms with Crippen molar-refractivity contribution in [3.8, 4) is 0 Å². The van der Waals surface area contributed by atoms with E-state index in [1.165, 1.54) is 0 Å². The van der Waals surface area contributed by atoms with Gasteiger partial charge >= 0.3 is 0 Å². The summed E-state index contributed by atoms with van der Waals surface area (Å²) in [5, 5.41) is -0.238. The highest BCUT2D eigenvalue weighted by molar-refractivity contribution is 9.10. The molecule has 0 spiro atoms. The van der Waals surface area contributed by atoms with Crippen molar-refractivity contribution in [3.63, 3.8) is 0 Å². The Kier molecular flexibility index (Phi) is 4.46. The number of nitrogens with two attached hydrogens (primary N) is 1. The SMILES string of the molecule is Cc1ccc(Br)c(NS(=O)(=O)c2cc(N)c(F)cc2Cl)c1. The molecular weight excluding hydrogens is 383 g/mol. The second kappa shape index (κ2) is 5.82. The molecule has 0 saturated carbocycles. The molecular formula is C13H11BrClFN2O2S. The van der Waals surface area contributed by atoms with Gasteiger partial charge in [0.2, 0.25) is 0 Å². The normalized spacial score (nSPS) is 11.4. The van der Waals surface area contributed by atoms with Crippen LogP contribution in [0.2, 0.25) is 5.02 Å². The van der Waals surface area contributed by atoms with Crippen LogP contribution in [0.4, 0.5) is 15.8 Å². The second-order valence-electron chi connectivity index (χ2n) is 4.39. The second-order valence-corrected chi connectivity index (χ2v) is 7.31. The quantitative estimate of drug-likeness (QED) is 0.776. The van der Waals surface area contributed by atoms with Crippen LogP contribution in [0.15, 0.2) is 39.7 Å². The minimum atomic E-state index is -3.98. The molecule has 0 heterocycles. The maximum atomic E-state index is 13.3. The molecule has 0 aliphatic carbocycles. The van der Waals surface area contributed by atoms with Crippen molar-refractivity contribution in [3.05, 3.63) is 51.2 Å². The Bertz CT molecular complexity index is 812. The van der Waals surface area contributed by atoms with Gasteiger partial charge < -0.3 is 5.73 Å². The predicted molar refractivity (Wildman–Crippen MR) is 85.5 cm³/mol. The van der Waals surface area contributed by atoms with Crippen molar-refractivity contribution in [2.24, 2.45) is 0 Å². The molecule has 8 heteroatoms. The van der Waals surface area contributed by atoms with Crippen molar-refractivity contribution < 1.29 is 12.8 Å². The lowest BCUT2D eigenvalue weighted by atomic mass is 10.2. The lowest BCUT2D eigenvalue weighted by Gasteiger charge is -2.12. The monoisotopic (exact) mass is 392 g/mol. The Hall–Kier alpha value is -1.31. The van der Waals surface area contributed by atoms with Gasteiger partial charge in [-0.2, -0.15) is 0 Å². The van der Waals surface area contributed by atoms with E-state index < -0.39 is 15.8 Å². The molecule has 21 heavy (non-hydrogen) atoms. The Balaban J connectivity index is 2.48. The standard InChI is InChI=1S/C13H11BrClFN2O2S/c1-7-2-3-8(14)12(4-7)18-21(19,20)13-6-11(17)10(16)5-9(13)15/h2-6,18H,17H2,1H3. The molecule has 0 aliphatic rings. The van der Waals surface area contributed by atoms with Crippen LogP contribution in [0.25, 0.3) is 0 Å². The first-order chi connectivity index (χ1) is 9.70. The summed E-state index contributed by atoms with van der Waals surface area (Å²) < 4.78 is 40.9. The Morgan fingerprint density at radius 2 is 1.95 bits per heavy atom. The summed E-state index contributed by atoms with van der Waals surface area (Å²) in [5.41, 5.74) is 6.34. The van der Waals surface area contributed by atoms with E-state index in [4.69, 9.17) is 17.3 Å². The van der Waals surface area contributed by atoms with E-state index >= 15 is 0 Å². The summed E-state index contributed by atoms with van der Waals surface area (Å²) in [5.74, 6) is -0.768. The zero-order valence-electron chi connectivity index (χ0n) is 10.8. The van der Waals surface area contributed by atoms with Crippen molar-refractivity contribution in [1.82, 2.24) is 0 Å². The number of nitrogens with one attached hydrogen (secondary N) is 1. The minimum absolute atomic E-state index is 0.238. The first-order valence-corrected chi connectivity index (χ1v) is 8.39. The smallest absolute Gasteiger partial charge is 0.263 e. The molecule has 2 rings (SSSR count). The van der Waals surface area contributed by atoms with Crippen LogP contribution in [0, 0.1) is 12.7 Å². The molecule has 0 saturated heterocycles. The van der Waals surface area contributed by atoms with Crippen molar-refractivity contribution in [2.75, 3.05) is 10.5 Å². The molecule has 3 N–H and O–H groups in total. The lowest BCUT2D eigenvalue weighted by molar-refractivity contribution is 0.600. The predicted octanol–water partition coefficient (Wildman–Crippen LogP) is 3.93. The highest BCUT2D eigenvalue weighted by atomic mass is 79.9. The van der Waals surface area contributed by atoms with Crippen LogP contribution in [0.3, 0.4) is 0 Å². The van der Waals surface area contributed by atoms with Gasteiger partial charge in [0.15, 0.2) is 0 Å². The molecule has 0 unspecified atom stereocenters. The minimum Gasteiger partial charge on any atom is -0.396 e. The third-order valence-corrected chi connectivity index (χ3v) is 5.23. The van der Waals surface area contributed by atoms with E-state index in [1.54, 1.807) is 12.1 Å². The van der Waals surface area contributed by atoms with Gasteiger partial charge in [-0.25, -0.2) is 12.8 Å². The number of nitrogen functional groups attached to an aromatic ring is 1. The van der Waals surface area contributed by atoms with Crippen LogP contribution in [0.1, 0.15) is 5.56 Å². The zero-order valence-corrected chi connectivity index (χ0v) is 14.0. The van der Waals surface area contributed by atoms with Gasteiger partial charge in [0.1, 0.15) is 10.7 Å². The lowest BCUT2D eigenvalue weighted by Crippen LogP contribution is -2.14. The zero-order chi connectivity index (χ0) is 15.8. The van der Waals surface area contributed by atoms with Gasteiger partial charge in [-0.15, -0.1) is 0 Å². The van der Waals surface area contributed by atoms with Crippen molar-refractivity contribution >= 4 is 48.9 Å². The van der Waals surface area contributed by atoms with Crippen LogP contribution in [-0.4, -0.2) is 8.42 Å². The highest BCUT2D eigenvalue weighted by Crippen LogP contribution is 2.30. The fraction of sp³-hybridized carbons (Fsp3) is 0.0769. The summed E-state index contributed by atoms with van der Waals surface area (Å²) in [4.78, 5) is -0.281. The highest BCUT2D eigenvalue weighted by Gasteiger charge is 2.21. The van der Waals surface area contributed by atoms with Gasteiger partial charge in [-0.3, -0.25) is 4.72 Å². The van der Waals surface area contributed by atoms with E-state index in [-0.39, 0.29) is 15.6 Å². The number of benzene rings is 2. The van der Waals surface area contributed by atoms with Crippen LogP contribution in [-0.2, 0) is 10.0 Å². The van der Waals surface area contributed by atoms with E-state index in [9.17, 15) is 12.8 Å². The first-order valence-electron chi connectivity index (χ1n) is 5.74. The molecule has 2 aromatic carbocycles. The van der Waals surface area contributed by atoms with Crippen LogP contribution >= 0.6 is 27.5 Å². The number of sulfonamides is 1. The fourth-order valence-corrected chi connectivity index (χ4v) is 3.77. The van der Waals surface area contributed by atoms with Gasteiger partial charge in [0.25, 0.3) is 10.0 Å². The number of hydrogen-bond donors (Lipinski definition) is 2. The number of rotatable bonds is 3. The molecule has 112 valence electrons. The summed E-state index contributed by atoms with van der Waals surface area (Å²) in [6, 6.07) is 7.06. The molecule has 0 atom stereocenters. The molecule has 0 fully saturated rings. The van der Waals surface area contributed by atoms with E-state index in [1.807, 2.05) is 13.0 Å². The molecule has 4 nitrogen and oxygen atoms in total. The van der Waals surface area contributed by atoms with Crippen LogP contribution in [0.5, 0.6) is 0 Å². The molecule has 0 bridgehead atoms. The Morgan fingerprint density at radius 1 is 1.29 bits per heavy atom. The van der Waals surface area contributed by atoms with E-state index in [0.29, 0.717) is 10.2 Å². The molecule has 0 aromatic heterocycles. The molecule has 2 aromatic rings. The summed E-state index contributed by atoms with van der Waals surface area (Å²) >= 11 is 9.05. The Morgan fingerprint density at radius 3 is 2.62 bits per heavy atom. The average molecular weight is 394 g/mol. The van der Waals surface area contributed by atoms with Gasteiger partial charge in [0.05, 0.1) is 16.4 Å².